The lowest BCUT2D eigenvalue weighted by Gasteiger charge is -2.13. The third-order valence-electron chi connectivity index (χ3n) is 3.95. The Kier molecular flexibility index (Phi) is 7.79. The zero-order chi connectivity index (χ0) is 22.5. The van der Waals surface area contributed by atoms with Crippen molar-refractivity contribution in [3.05, 3.63) is 55.4 Å². The maximum absolute atomic E-state index is 12.5. The summed E-state index contributed by atoms with van der Waals surface area (Å²) in [6.45, 7) is 1.63. The number of thioether (sulfide) groups is 1. The number of ether oxygens (including phenoxy) is 1. The number of esters is 1. The number of imide groups is 1. The molecule has 3 amide bonds. The highest BCUT2D eigenvalue weighted by Gasteiger charge is 2.36. The Bertz CT molecular complexity index is 1080. The Labute approximate surface area is 200 Å². The van der Waals surface area contributed by atoms with Crippen molar-refractivity contribution in [2.24, 2.45) is 0 Å². The van der Waals surface area contributed by atoms with Gasteiger partial charge >= 0.3 is 5.97 Å². The van der Waals surface area contributed by atoms with E-state index in [1.807, 2.05) is 29.5 Å². The summed E-state index contributed by atoms with van der Waals surface area (Å²) in [5.41, 5.74) is 0.389. The molecule has 2 aromatic rings. The van der Waals surface area contributed by atoms with Crippen LogP contribution in [0.1, 0.15) is 29.5 Å². The number of furan rings is 1. The van der Waals surface area contributed by atoms with Crippen LogP contribution in [-0.2, 0) is 14.3 Å². The molecule has 0 saturated carbocycles. The summed E-state index contributed by atoms with van der Waals surface area (Å²) in [4.78, 5) is 50.2. The first-order valence-corrected chi connectivity index (χ1v) is 11.3. The Morgan fingerprint density at radius 1 is 1.29 bits per heavy atom. The number of hydrogen-bond acceptors (Lipinski definition) is 7. The predicted molar refractivity (Wildman–Crippen MR) is 125 cm³/mol. The molecule has 162 valence electrons. The van der Waals surface area contributed by atoms with E-state index in [0.29, 0.717) is 15.9 Å². The molecular weight excluding hydrogens is 559 g/mol. The van der Waals surface area contributed by atoms with Gasteiger partial charge in [0.05, 0.1) is 22.1 Å². The molecule has 0 bridgehead atoms. The second-order valence-electron chi connectivity index (χ2n) is 6.29. The highest BCUT2D eigenvalue weighted by Crippen LogP contribution is 2.32. The summed E-state index contributed by atoms with van der Waals surface area (Å²) >= 11 is 8.75. The molecule has 0 radical (unpaired) electrons. The number of halogens is 2. The first-order chi connectivity index (χ1) is 14.8. The van der Waals surface area contributed by atoms with E-state index in [1.54, 1.807) is 12.1 Å². The number of anilines is 1. The normalized spacial score (nSPS) is 14.9. The lowest BCUT2D eigenvalue weighted by Crippen LogP contribution is -2.36. The van der Waals surface area contributed by atoms with Crippen LogP contribution in [0.5, 0.6) is 0 Å². The van der Waals surface area contributed by atoms with Crippen LogP contribution in [-0.4, -0.2) is 41.1 Å². The van der Waals surface area contributed by atoms with E-state index < -0.39 is 29.6 Å². The number of benzene rings is 1. The van der Waals surface area contributed by atoms with E-state index in [4.69, 9.17) is 20.8 Å². The Morgan fingerprint density at radius 2 is 2.06 bits per heavy atom. The molecule has 1 aromatic heterocycles. The molecule has 0 atom stereocenters. The summed E-state index contributed by atoms with van der Waals surface area (Å²) in [6.07, 6.45) is 2.11. The lowest BCUT2D eigenvalue weighted by molar-refractivity contribution is -0.127. The van der Waals surface area contributed by atoms with Gasteiger partial charge in [-0.1, -0.05) is 18.5 Å². The standard InChI is InChI=1S/C20H16ClIN2O6S/c1-2-7-29-19(27)13-8-11(3-5-14(13)21)23-17(25)10-24-18(26)15(31-20(24)28)9-12-4-6-16(22)30-12/h3-6,8-9H,2,7,10H2,1H3,(H,23,25)/b15-9-. The van der Waals surface area contributed by atoms with Crippen molar-refractivity contribution in [2.75, 3.05) is 18.5 Å². The summed E-state index contributed by atoms with van der Waals surface area (Å²) < 4.78 is 11.1. The minimum Gasteiger partial charge on any atom is -0.462 e. The van der Waals surface area contributed by atoms with Crippen LogP contribution < -0.4 is 5.32 Å². The van der Waals surface area contributed by atoms with Crippen molar-refractivity contribution in [3.63, 3.8) is 0 Å². The predicted octanol–water partition coefficient (Wildman–Crippen LogP) is 4.78. The fourth-order valence-corrected chi connectivity index (χ4v) is 3.99. The zero-order valence-electron chi connectivity index (χ0n) is 16.1. The van der Waals surface area contributed by atoms with Crippen LogP contribution in [0.15, 0.2) is 39.7 Å². The average molecular weight is 575 g/mol. The van der Waals surface area contributed by atoms with Crippen LogP contribution in [0, 0.1) is 3.77 Å². The van der Waals surface area contributed by atoms with E-state index in [-0.39, 0.29) is 27.8 Å². The van der Waals surface area contributed by atoms with Gasteiger partial charge in [-0.2, -0.15) is 0 Å². The van der Waals surface area contributed by atoms with E-state index in [0.717, 1.165) is 16.7 Å². The second kappa shape index (κ2) is 10.3. The molecule has 0 spiro atoms. The van der Waals surface area contributed by atoms with Crippen LogP contribution >= 0.6 is 46.0 Å². The fourth-order valence-electron chi connectivity index (χ4n) is 2.55. The minimum atomic E-state index is -0.605. The number of nitrogens with zero attached hydrogens (tertiary/aromatic N) is 1. The van der Waals surface area contributed by atoms with Gasteiger partial charge in [0.15, 0.2) is 3.77 Å². The number of carbonyl (C=O) groups excluding carboxylic acids is 4. The lowest BCUT2D eigenvalue weighted by atomic mass is 10.2. The molecule has 1 aromatic carbocycles. The molecule has 1 aliphatic heterocycles. The van der Waals surface area contributed by atoms with E-state index in [9.17, 15) is 19.2 Å². The average Bonchev–Trinajstić information content (AvgIpc) is 3.25. The number of nitrogens with one attached hydrogen (secondary N) is 1. The largest absolute Gasteiger partial charge is 0.462 e. The van der Waals surface area contributed by atoms with Gasteiger partial charge in [0.1, 0.15) is 12.3 Å². The number of rotatable bonds is 7. The molecule has 3 rings (SSSR count). The summed E-state index contributed by atoms with van der Waals surface area (Å²) in [7, 11) is 0. The molecule has 0 aliphatic carbocycles. The second-order valence-corrected chi connectivity index (χ2v) is 8.75. The Balaban J connectivity index is 1.67. The number of hydrogen-bond donors (Lipinski definition) is 1. The minimum absolute atomic E-state index is 0.107. The molecule has 1 N–H and O–H groups in total. The van der Waals surface area contributed by atoms with Crippen molar-refractivity contribution in [1.82, 2.24) is 4.90 Å². The third kappa shape index (κ3) is 5.89. The summed E-state index contributed by atoms with van der Waals surface area (Å²) in [5, 5.41) is 2.18. The van der Waals surface area contributed by atoms with Crippen molar-refractivity contribution < 1.29 is 28.3 Å². The van der Waals surface area contributed by atoms with Crippen LogP contribution in [0.25, 0.3) is 6.08 Å². The van der Waals surface area contributed by atoms with Gasteiger partial charge in [0.25, 0.3) is 11.1 Å². The van der Waals surface area contributed by atoms with Gasteiger partial charge < -0.3 is 14.5 Å². The highest BCUT2D eigenvalue weighted by molar-refractivity contribution is 14.1. The Morgan fingerprint density at radius 3 is 2.74 bits per heavy atom. The molecular formula is C20H16ClIN2O6S. The molecule has 2 heterocycles. The molecule has 0 unspecified atom stereocenters. The monoisotopic (exact) mass is 574 g/mol. The number of carbonyl (C=O) groups is 4. The molecule has 11 heteroatoms. The zero-order valence-corrected chi connectivity index (χ0v) is 19.9. The first kappa shape index (κ1) is 23.4. The molecule has 31 heavy (non-hydrogen) atoms. The summed E-state index contributed by atoms with van der Waals surface area (Å²) in [6, 6.07) is 7.73. The van der Waals surface area contributed by atoms with Gasteiger partial charge in [-0.05, 0) is 71.1 Å². The Hall–Kier alpha value is -2.31. The van der Waals surface area contributed by atoms with E-state index in [1.165, 1.54) is 24.3 Å². The van der Waals surface area contributed by atoms with Crippen molar-refractivity contribution in [1.29, 1.82) is 0 Å². The smallest absolute Gasteiger partial charge is 0.339 e. The maximum atomic E-state index is 12.5. The fraction of sp³-hybridized carbons (Fsp3) is 0.200. The topological polar surface area (TPSA) is 106 Å². The first-order valence-electron chi connectivity index (χ1n) is 9.05. The van der Waals surface area contributed by atoms with Gasteiger partial charge in [-0.25, -0.2) is 4.79 Å². The maximum Gasteiger partial charge on any atom is 0.339 e. The van der Waals surface area contributed by atoms with Crippen LogP contribution in [0.2, 0.25) is 5.02 Å². The van der Waals surface area contributed by atoms with Crippen molar-refractivity contribution in [3.8, 4) is 0 Å². The highest BCUT2D eigenvalue weighted by atomic mass is 127. The van der Waals surface area contributed by atoms with Gasteiger partial charge in [-0.3, -0.25) is 19.3 Å². The quantitative estimate of drug-likeness (QED) is 0.288. The van der Waals surface area contributed by atoms with Crippen molar-refractivity contribution in [2.45, 2.75) is 13.3 Å². The molecule has 1 saturated heterocycles. The van der Waals surface area contributed by atoms with Gasteiger partial charge in [0, 0.05) is 11.8 Å². The van der Waals surface area contributed by atoms with E-state index >= 15 is 0 Å². The molecule has 1 aliphatic rings. The van der Waals surface area contributed by atoms with E-state index in [2.05, 4.69) is 5.32 Å². The molecule has 8 nitrogen and oxygen atoms in total. The van der Waals surface area contributed by atoms with Crippen LogP contribution in [0.3, 0.4) is 0 Å². The van der Waals surface area contributed by atoms with Crippen molar-refractivity contribution >= 4 is 80.7 Å². The third-order valence-corrected chi connectivity index (χ3v) is 5.77. The van der Waals surface area contributed by atoms with Gasteiger partial charge in [0.2, 0.25) is 5.91 Å². The number of amides is 3. The SMILES string of the molecule is CCCOC(=O)c1cc(NC(=O)CN2C(=O)S/C(=C\c3ccc(I)o3)C2=O)ccc1Cl. The van der Waals surface area contributed by atoms with Gasteiger partial charge in [-0.15, -0.1) is 0 Å². The van der Waals surface area contributed by atoms with Crippen LogP contribution in [0.4, 0.5) is 10.5 Å². The molecule has 1 fully saturated rings. The summed E-state index contributed by atoms with van der Waals surface area (Å²) in [5.74, 6) is -1.36.